The van der Waals surface area contributed by atoms with E-state index >= 15 is 0 Å². The lowest BCUT2D eigenvalue weighted by Gasteiger charge is -2.30. The molecule has 0 aliphatic heterocycles. The Morgan fingerprint density at radius 1 is 1.19 bits per heavy atom. The van der Waals surface area contributed by atoms with Gasteiger partial charge in [-0.1, -0.05) is 19.8 Å². The third-order valence-corrected chi connectivity index (χ3v) is 4.53. The Labute approximate surface area is 124 Å². The first-order valence-corrected chi connectivity index (χ1v) is 7.61. The Morgan fingerprint density at radius 3 is 2.57 bits per heavy atom. The highest BCUT2D eigenvalue weighted by Gasteiger charge is 2.27. The molecule has 0 spiro atoms. The van der Waals surface area contributed by atoms with E-state index < -0.39 is 6.23 Å². The van der Waals surface area contributed by atoms with Gasteiger partial charge in [-0.05, 0) is 18.8 Å². The van der Waals surface area contributed by atoms with Gasteiger partial charge in [0.1, 0.15) is 12.6 Å². The van der Waals surface area contributed by atoms with Gasteiger partial charge in [0.15, 0.2) is 17.0 Å². The van der Waals surface area contributed by atoms with E-state index in [1.54, 1.807) is 10.9 Å². The third-order valence-electron chi connectivity index (χ3n) is 4.53. The van der Waals surface area contributed by atoms with E-state index in [4.69, 9.17) is 0 Å². The minimum absolute atomic E-state index is 0.288. The molecule has 1 atom stereocenters. The summed E-state index contributed by atoms with van der Waals surface area (Å²) >= 11 is 0. The molecule has 21 heavy (non-hydrogen) atoms. The lowest BCUT2D eigenvalue weighted by atomic mass is 9.82. The summed E-state index contributed by atoms with van der Waals surface area (Å²) in [5.41, 5.74) is 1.45. The molecule has 1 unspecified atom stereocenters. The van der Waals surface area contributed by atoms with Gasteiger partial charge in [0.25, 0.3) is 0 Å². The smallest absolute Gasteiger partial charge is 0.167 e. The first kappa shape index (κ1) is 14.3. The molecule has 0 radical (unpaired) electrons. The maximum absolute atomic E-state index is 10.7. The Morgan fingerprint density at radius 2 is 1.90 bits per heavy atom. The number of hydrogen-bond acceptors (Lipinski definition) is 5. The molecule has 6 nitrogen and oxygen atoms in total. The molecule has 2 aromatic rings. The molecule has 1 aliphatic rings. The zero-order valence-corrected chi connectivity index (χ0v) is 12.9. The Bertz CT molecular complexity index is 616. The van der Waals surface area contributed by atoms with Crippen molar-refractivity contribution < 1.29 is 5.11 Å². The van der Waals surface area contributed by atoms with Crippen molar-refractivity contribution in [1.82, 2.24) is 19.5 Å². The zero-order chi connectivity index (χ0) is 15.0. The third kappa shape index (κ3) is 2.60. The molecule has 1 fully saturated rings. The van der Waals surface area contributed by atoms with Crippen LogP contribution in [0.1, 0.15) is 38.8 Å². The fraction of sp³-hybridized carbons (Fsp3) is 0.667. The summed E-state index contributed by atoms with van der Waals surface area (Å²) in [6.07, 6.45) is 7.17. The first-order chi connectivity index (χ1) is 10.1. The van der Waals surface area contributed by atoms with Crippen molar-refractivity contribution in [1.29, 1.82) is 0 Å². The molecule has 0 aromatic carbocycles. The monoisotopic (exact) mass is 289 g/mol. The molecule has 0 bridgehead atoms. The topological polar surface area (TPSA) is 67.1 Å². The van der Waals surface area contributed by atoms with Gasteiger partial charge in [-0.25, -0.2) is 15.0 Å². The molecular weight excluding hydrogens is 266 g/mol. The highest BCUT2D eigenvalue weighted by atomic mass is 16.3. The Balaban J connectivity index is 1.92. The average molecular weight is 289 g/mol. The second-order valence-corrected chi connectivity index (χ2v) is 6.35. The van der Waals surface area contributed by atoms with E-state index in [0.717, 1.165) is 30.1 Å². The maximum atomic E-state index is 10.7. The maximum Gasteiger partial charge on any atom is 0.167 e. The van der Waals surface area contributed by atoms with Crippen LogP contribution in [-0.4, -0.2) is 38.7 Å². The van der Waals surface area contributed by atoms with Gasteiger partial charge in [-0.3, -0.25) is 4.57 Å². The predicted octanol–water partition coefficient (Wildman–Crippen LogP) is 2.21. The van der Waals surface area contributed by atoms with Crippen molar-refractivity contribution >= 4 is 17.0 Å². The summed E-state index contributed by atoms with van der Waals surface area (Å²) in [7, 11) is 3.86. The molecule has 1 N–H and O–H groups in total. The van der Waals surface area contributed by atoms with Crippen LogP contribution >= 0.6 is 0 Å². The molecule has 3 rings (SSSR count). The molecule has 2 aromatic heterocycles. The van der Waals surface area contributed by atoms with Crippen LogP contribution in [-0.2, 0) is 0 Å². The van der Waals surface area contributed by atoms with Crippen LogP contribution < -0.4 is 4.90 Å². The number of anilines is 1. The number of nitrogens with zero attached hydrogens (tertiary/aromatic N) is 5. The van der Waals surface area contributed by atoms with E-state index in [9.17, 15) is 5.11 Å². The minimum atomic E-state index is -0.549. The quantitative estimate of drug-likeness (QED) is 0.938. The van der Waals surface area contributed by atoms with E-state index in [1.165, 1.54) is 19.2 Å². The summed E-state index contributed by atoms with van der Waals surface area (Å²) in [5, 5.41) is 10.7. The summed E-state index contributed by atoms with van der Waals surface area (Å²) in [6.45, 7) is 2.28. The minimum Gasteiger partial charge on any atom is -0.373 e. The first-order valence-electron chi connectivity index (χ1n) is 7.61. The molecule has 1 aliphatic carbocycles. The van der Waals surface area contributed by atoms with Gasteiger partial charge in [0, 0.05) is 20.0 Å². The predicted molar refractivity (Wildman–Crippen MR) is 82.0 cm³/mol. The molecule has 1 saturated carbocycles. The van der Waals surface area contributed by atoms with Crippen LogP contribution in [0.15, 0.2) is 12.7 Å². The molecule has 0 saturated heterocycles. The second-order valence-electron chi connectivity index (χ2n) is 6.35. The average Bonchev–Trinajstić information content (AvgIpc) is 2.90. The van der Waals surface area contributed by atoms with E-state index in [-0.39, 0.29) is 5.92 Å². The Hall–Kier alpha value is -1.69. The van der Waals surface area contributed by atoms with Crippen LogP contribution in [0.4, 0.5) is 5.82 Å². The van der Waals surface area contributed by atoms with Crippen LogP contribution in [0.3, 0.4) is 0 Å². The van der Waals surface area contributed by atoms with Gasteiger partial charge in [-0.2, -0.15) is 0 Å². The second kappa shape index (κ2) is 5.60. The lowest BCUT2D eigenvalue weighted by molar-refractivity contribution is 0.0201. The number of aliphatic hydroxyl groups excluding tert-OH is 1. The Kier molecular flexibility index (Phi) is 3.80. The van der Waals surface area contributed by atoms with Gasteiger partial charge >= 0.3 is 0 Å². The largest absolute Gasteiger partial charge is 0.373 e. The number of rotatable bonds is 3. The highest BCUT2D eigenvalue weighted by Crippen LogP contribution is 2.35. The number of aliphatic hydroxyl groups is 1. The van der Waals surface area contributed by atoms with Gasteiger partial charge in [0.2, 0.25) is 0 Å². The van der Waals surface area contributed by atoms with Crippen molar-refractivity contribution in [3.8, 4) is 0 Å². The lowest BCUT2D eigenvalue weighted by Crippen LogP contribution is -2.23. The number of fused-ring (bicyclic) bond motifs is 1. The van der Waals surface area contributed by atoms with Gasteiger partial charge < -0.3 is 10.0 Å². The fourth-order valence-electron chi connectivity index (χ4n) is 3.17. The summed E-state index contributed by atoms with van der Waals surface area (Å²) in [6, 6.07) is 0. The van der Waals surface area contributed by atoms with Crippen LogP contribution in [0, 0.1) is 11.8 Å². The van der Waals surface area contributed by atoms with Crippen molar-refractivity contribution in [3.63, 3.8) is 0 Å². The SMILES string of the molecule is CN(C)c1ncnc2c1ncn2C(O)[C@H]1CC[C@@H](C)CC1. The van der Waals surface area contributed by atoms with Crippen LogP contribution in [0.5, 0.6) is 0 Å². The van der Waals surface area contributed by atoms with E-state index in [0.29, 0.717) is 5.65 Å². The number of aromatic nitrogens is 4. The van der Waals surface area contributed by atoms with Gasteiger partial charge in [-0.15, -0.1) is 0 Å². The van der Waals surface area contributed by atoms with Crippen LogP contribution in [0.2, 0.25) is 0 Å². The van der Waals surface area contributed by atoms with E-state index in [1.807, 2.05) is 19.0 Å². The van der Waals surface area contributed by atoms with Crippen molar-refractivity contribution in [2.75, 3.05) is 19.0 Å². The van der Waals surface area contributed by atoms with Crippen LogP contribution in [0.25, 0.3) is 11.2 Å². The van der Waals surface area contributed by atoms with Crippen molar-refractivity contribution in [2.24, 2.45) is 11.8 Å². The van der Waals surface area contributed by atoms with E-state index in [2.05, 4.69) is 21.9 Å². The standard InChI is InChI=1S/C15H23N5O/c1-10-4-6-11(7-5-10)15(21)20-9-18-12-13(19(2)3)16-8-17-14(12)20/h8-11,15,21H,4-7H2,1-3H3/t10-,11+,15?. The van der Waals surface area contributed by atoms with Crippen molar-refractivity contribution in [3.05, 3.63) is 12.7 Å². The zero-order valence-electron chi connectivity index (χ0n) is 12.9. The molecular formula is C15H23N5O. The number of hydrogen-bond donors (Lipinski definition) is 1. The van der Waals surface area contributed by atoms with Crippen molar-refractivity contribution in [2.45, 2.75) is 38.8 Å². The summed E-state index contributed by atoms with van der Waals surface area (Å²) < 4.78 is 1.80. The summed E-state index contributed by atoms with van der Waals surface area (Å²) in [5.74, 6) is 1.84. The molecule has 0 amide bonds. The molecule has 6 heteroatoms. The van der Waals surface area contributed by atoms with Gasteiger partial charge in [0.05, 0.1) is 6.33 Å². The summed E-state index contributed by atoms with van der Waals surface area (Å²) in [4.78, 5) is 14.9. The normalized spacial score (nSPS) is 24.2. The molecule has 2 heterocycles. The number of imidazole rings is 1. The fourth-order valence-corrected chi connectivity index (χ4v) is 3.17. The highest BCUT2D eigenvalue weighted by molar-refractivity contribution is 5.83. The molecule has 114 valence electrons.